The van der Waals surface area contributed by atoms with E-state index < -0.39 is 11.5 Å². The number of halogens is 2. The number of carbonyl (C=O) groups excluding carboxylic acids is 4. The third-order valence-corrected chi connectivity index (χ3v) is 9.62. The van der Waals surface area contributed by atoms with Crippen LogP contribution in [0.4, 0.5) is 0 Å². The minimum Gasteiger partial charge on any atom is -0.350 e. The second-order valence-corrected chi connectivity index (χ2v) is 13.1. The Labute approximate surface area is 260 Å². The van der Waals surface area contributed by atoms with E-state index in [4.69, 9.17) is 11.6 Å². The van der Waals surface area contributed by atoms with Crippen LogP contribution in [0.25, 0.3) is 0 Å². The van der Waals surface area contributed by atoms with E-state index in [2.05, 4.69) is 52.3 Å². The van der Waals surface area contributed by atoms with Crippen molar-refractivity contribution in [3.8, 4) is 0 Å². The molecule has 220 valence electrons. The highest BCUT2D eigenvalue weighted by Crippen LogP contribution is 2.32. The summed E-state index contributed by atoms with van der Waals surface area (Å²) in [5.41, 5.74) is 0.937. The molecule has 2 fully saturated rings. The molecule has 2 aromatic rings. The second kappa shape index (κ2) is 13.6. The molecule has 41 heavy (non-hydrogen) atoms. The lowest BCUT2D eigenvalue weighted by Crippen LogP contribution is -2.50. The molecule has 0 bridgehead atoms. The second-order valence-electron chi connectivity index (χ2n) is 11.5. The number of nitrogens with zero attached hydrogens (tertiary/aromatic N) is 2. The average Bonchev–Trinajstić information content (AvgIpc) is 3.05. The lowest BCUT2D eigenvalue weighted by molar-refractivity contribution is -0.142. The molecule has 8 nitrogen and oxygen atoms in total. The fourth-order valence-corrected chi connectivity index (χ4v) is 6.08. The maximum atomic E-state index is 13.9. The molecule has 0 spiro atoms. The minimum atomic E-state index is -0.723. The van der Waals surface area contributed by atoms with Gasteiger partial charge in [-0.1, -0.05) is 62.7 Å². The molecule has 10 heteroatoms. The van der Waals surface area contributed by atoms with Gasteiger partial charge in [-0.25, -0.2) is 0 Å². The van der Waals surface area contributed by atoms with E-state index in [1.165, 1.54) is 10.5 Å². The van der Waals surface area contributed by atoms with Crippen molar-refractivity contribution in [1.29, 1.82) is 0 Å². The van der Waals surface area contributed by atoms with E-state index in [9.17, 15) is 19.2 Å². The quantitative estimate of drug-likeness (QED) is 0.280. The van der Waals surface area contributed by atoms with Gasteiger partial charge in [-0.15, -0.1) is 0 Å². The predicted octanol–water partition coefficient (Wildman–Crippen LogP) is 4.60. The Hall–Kier alpha value is -2.50. The van der Waals surface area contributed by atoms with Gasteiger partial charge in [0.05, 0.1) is 16.5 Å². The Balaban J connectivity index is 1.48. The van der Waals surface area contributed by atoms with Gasteiger partial charge in [0.15, 0.2) is 0 Å². The molecule has 2 saturated heterocycles. The molecule has 0 saturated carbocycles. The van der Waals surface area contributed by atoms with E-state index in [0.29, 0.717) is 43.1 Å². The molecule has 2 N–H and O–H groups in total. The maximum Gasteiger partial charge on any atom is 0.251 e. The molecule has 4 amide bonds. The molecule has 4 rings (SSSR count). The SMILES string of the molecule is CC[C@H](CN1CC[C@@H](CNC(=O)c2ccc(I)c(Cl)c2)N[C@@H](CCN2C(=O)CC(C)(C)C2=O)C1=O)c1ccccc1. The van der Waals surface area contributed by atoms with Gasteiger partial charge < -0.3 is 15.5 Å². The van der Waals surface area contributed by atoms with Gasteiger partial charge >= 0.3 is 0 Å². The normalized spacial score (nSPS) is 21.6. The number of benzene rings is 2. The summed E-state index contributed by atoms with van der Waals surface area (Å²) < 4.78 is 0.868. The topological polar surface area (TPSA) is 98.8 Å². The average molecular weight is 693 g/mol. The molecule has 2 aromatic carbocycles. The fourth-order valence-electron chi connectivity index (χ4n) is 5.56. The monoisotopic (exact) mass is 692 g/mol. The summed E-state index contributed by atoms with van der Waals surface area (Å²) in [6.45, 7) is 7.29. The van der Waals surface area contributed by atoms with Crippen LogP contribution >= 0.6 is 34.2 Å². The first kappa shape index (κ1) is 31.4. The zero-order valence-corrected chi connectivity index (χ0v) is 26.7. The zero-order chi connectivity index (χ0) is 29.7. The maximum absolute atomic E-state index is 13.9. The summed E-state index contributed by atoms with van der Waals surface area (Å²) in [5.74, 6) is -0.496. The number of imide groups is 1. The Bertz CT molecular complexity index is 1290. The van der Waals surface area contributed by atoms with Gasteiger partial charge in [0, 0.05) is 53.7 Å². The third kappa shape index (κ3) is 7.67. The zero-order valence-electron chi connectivity index (χ0n) is 23.8. The van der Waals surface area contributed by atoms with Crippen LogP contribution in [0.3, 0.4) is 0 Å². The molecule has 0 aromatic heterocycles. The standard InChI is InChI=1S/C31H38ClIN4O4/c1-4-20(21-8-6-5-7-9-21)19-36-14-12-23(18-34-28(39)22-10-11-25(33)24(32)16-22)35-26(29(36)40)13-15-37-27(38)17-31(2,3)30(37)41/h5-11,16,20,23,26,35H,4,12-15,17-19H2,1-3H3,(H,34,39)/t20-,23+,26+/m1/s1. The van der Waals surface area contributed by atoms with Crippen molar-refractivity contribution in [3.05, 3.63) is 68.3 Å². The fraction of sp³-hybridized carbons (Fsp3) is 0.484. The first-order valence-electron chi connectivity index (χ1n) is 14.2. The Morgan fingerprint density at radius 3 is 2.54 bits per heavy atom. The van der Waals surface area contributed by atoms with Crippen molar-refractivity contribution in [2.45, 2.75) is 64.5 Å². The number of hydrogen-bond donors (Lipinski definition) is 2. The molecule has 2 heterocycles. The van der Waals surface area contributed by atoms with Crippen molar-refractivity contribution >= 4 is 57.8 Å². The van der Waals surface area contributed by atoms with E-state index in [-0.39, 0.29) is 48.6 Å². The van der Waals surface area contributed by atoms with E-state index in [1.54, 1.807) is 32.0 Å². The molecule has 0 unspecified atom stereocenters. The van der Waals surface area contributed by atoms with Crippen LogP contribution in [-0.4, -0.2) is 71.7 Å². The van der Waals surface area contributed by atoms with Crippen LogP contribution < -0.4 is 10.6 Å². The van der Waals surface area contributed by atoms with Crippen LogP contribution in [0.2, 0.25) is 5.02 Å². The highest BCUT2D eigenvalue weighted by molar-refractivity contribution is 14.1. The van der Waals surface area contributed by atoms with Crippen LogP contribution in [0, 0.1) is 8.99 Å². The highest BCUT2D eigenvalue weighted by atomic mass is 127. The summed E-state index contributed by atoms with van der Waals surface area (Å²) in [7, 11) is 0. The molecule has 2 aliphatic rings. The van der Waals surface area contributed by atoms with Crippen LogP contribution in [0.5, 0.6) is 0 Å². The largest absolute Gasteiger partial charge is 0.350 e. The van der Waals surface area contributed by atoms with Crippen molar-refractivity contribution < 1.29 is 19.2 Å². The predicted molar refractivity (Wildman–Crippen MR) is 168 cm³/mol. The number of carbonyl (C=O) groups is 4. The number of amides is 4. The number of likely N-dealkylation sites (tertiary alicyclic amines) is 1. The van der Waals surface area contributed by atoms with Gasteiger partial charge in [-0.05, 0) is 65.6 Å². The highest BCUT2D eigenvalue weighted by Gasteiger charge is 2.45. The molecule has 0 radical (unpaired) electrons. The van der Waals surface area contributed by atoms with Crippen LogP contribution in [-0.2, 0) is 14.4 Å². The molecule has 0 aliphatic carbocycles. The Morgan fingerprint density at radius 2 is 1.90 bits per heavy atom. The molecule has 2 aliphatic heterocycles. The lowest BCUT2D eigenvalue weighted by Gasteiger charge is -2.29. The van der Waals surface area contributed by atoms with Gasteiger partial charge in [-0.3, -0.25) is 24.1 Å². The number of hydrogen-bond acceptors (Lipinski definition) is 5. The molecule has 3 atom stereocenters. The van der Waals surface area contributed by atoms with Crippen molar-refractivity contribution in [2.24, 2.45) is 5.41 Å². The van der Waals surface area contributed by atoms with Crippen molar-refractivity contribution in [3.63, 3.8) is 0 Å². The van der Waals surface area contributed by atoms with Gasteiger partial charge in [0.2, 0.25) is 17.7 Å². The van der Waals surface area contributed by atoms with Crippen molar-refractivity contribution in [1.82, 2.24) is 20.4 Å². The first-order valence-corrected chi connectivity index (χ1v) is 15.6. The summed E-state index contributed by atoms with van der Waals surface area (Å²) >= 11 is 8.32. The number of rotatable bonds is 10. The van der Waals surface area contributed by atoms with Crippen LogP contribution in [0.15, 0.2) is 48.5 Å². The summed E-state index contributed by atoms with van der Waals surface area (Å²) in [6.07, 6.45) is 2.02. The van der Waals surface area contributed by atoms with E-state index in [0.717, 1.165) is 9.99 Å². The minimum absolute atomic E-state index is 0.0454. The van der Waals surface area contributed by atoms with Gasteiger partial charge in [0.1, 0.15) is 0 Å². The molecular weight excluding hydrogens is 655 g/mol. The lowest BCUT2D eigenvalue weighted by atomic mass is 9.92. The first-order chi connectivity index (χ1) is 19.5. The van der Waals surface area contributed by atoms with E-state index in [1.807, 2.05) is 23.1 Å². The van der Waals surface area contributed by atoms with Crippen molar-refractivity contribution in [2.75, 3.05) is 26.2 Å². The van der Waals surface area contributed by atoms with Gasteiger partial charge in [0.25, 0.3) is 5.91 Å². The van der Waals surface area contributed by atoms with E-state index >= 15 is 0 Å². The number of nitrogens with one attached hydrogen (secondary N) is 2. The summed E-state index contributed by atoms with van der Waals surface area (Å²) in [6, 6.07) is 14.6. The smallest absolute Gasteiger partial charge is 0.251 e. The third-order valence-electron chi connectivity index (χ3n) is 8.05. The van der Waals surface area contributed by atoms with Crippen LogP contribution in [0.1, 0.15) is 68.3 Å². The summed E-state index contributed by atoms with van der Waals surface area (Å²) in [4.78, 5) is 55.3. The Kier molecular flexibility index (Phi) is 10.5. The Morgan fingerprint density at radius 1 is 1.17 bits per heavy atom. The molecular formula is C31H38ClIN4O4. The van der Waals surface area contributed by atoms with Gasteiger partial charge in [-0.2, -0.15) is 0 Å². The summed E-state index contributed by atoms with van der Waals surface area (Å²) in [5, 5.41) is 6.95.